The molecule has 1 aliphatic heterocycles. The molecule has 2 rings (SSSR count). The average Bonchev–Trinajstić information content (AvgIpc) is 2.73. The van der Waals surface area contributed by atoms with Crippen molar-refractivity contribution in [1.82, 2.24) is 10.6 Å². The van der Waals surface area contributed by atoms with Crippen LogP contribution >= 0.6 is 11.3 Å². The lowest BCUT2D eigenvalue weighted by molar-refractivity contribution is -0.0648. The summed E-state index contributed by atoms with van der Waals surface area (Å²) in [5.74, 6) is 0. The molecule has 0 bridgehead atoms. The number of aryl methyl sites for hydroxylation is 1. The zero-order chi connectivity index (χ0) is 12.1. The topological polar surface area (TPSA) is 33.3 Å². The highest BCUT2D eigenvalue weighted by Crippen LogP contribution is 2.17. The summed E-state index contributed by atoms with van der Waals surface area (Å²) in [6.07, 6.45) is 1.13. The summed E-state index contributed by atoms with van der Waals surface area (Å²) in [6, 6.07) is 2.22. The van der Waals surface area contributed by atoms with Gasteiger partial charge < -0.3 is 15.4 Å². The van der Waals surface area contributed by atoms with Crippen molar-refractivity contribution in [3.8, 4) is 0 Å². The third-order valence-electron chi connectivity index (χ3n) is 3.23. The van der Waals surface area contributed by atoms with Crippen LogP contribution in [0.2, 0.25) is 0 Å². The van der Waals surface area contributed by atoms with Gasteiger partial charge in [0.1, 0.15) is 0 Å². The summed E-state index contributed by atoms with van der Waals surface area (Å²) >= 11 is 1.84. The number of thiophene rings is 1. The van der Waals surface area contributed by atoms with Gasteiger partial charge in [-0.25, -0.2) is 0 Å². The molecule has 0 aliphatic carbocycles. The van der Waals surface area contributed by atoms with Gasteiger partial charge in [0.2, 0.25) is 0 Å². The van der Waals surface area contributed by atoms with Crippen LogP contribution in [0, 0.1) is 0 Å². The van der Waals surface area contributed by atoms with Crippen molar-refractivity contribution >= 4 is 11.3 Å². The maximum absolute atomic E-state index is 5.82. The zero-order valence-corrected chi connectivity index (χ0v) is 11.5. The Morgan fingerprint density at radius 1 is 1.53 bits per heavy atom. The van der Waals surface area contributed by atoms with E-state index in [9.17, 15) is 0 Å². The predicted octanol–water partition coefficient (Wildman–Crippen LogP) is 1.78. The third-order valence-corrected chi connectivity index (χ3v) is 4.19. The first kappa shape index (κ1) is 13.0. The quantitative estimate of drug-likeness (QED) is 0.728. The van der Waals surface area contributed by atoms with Gasteiger partial charge in [0.15, 0.2) is 0 Å². The fourth-order valence-electron chi connectivity index (χ4n) is 1.99. The van der Waals surface area contributed by atoms with E-state index >= 15 is 0 Å². The molecule has 1 aromatic rings. The Hall–Kier alpha value is -0.420. The van der Waals surface area contributed by atoms with Crippen molar-refractivity contribution in [3.05, 3.63) is 21.9 Å². The highest BCUT2D eigenvalue weighted by Gasteiger charge is 2.31. The fourth-order valence-corrected chi connectivity index (χ4v) is 2.93. The second kappa shape index (κ2) is 5.96. The SMILES string of the molecule is CCc1ccsc1CNCCOC1(C)CNC1. The van der Waals surface area contributed by atoms with Gasteiger partial charge in [-0.05, 0) is 30.4 Å². The molecule has 2 heterocycles. The van der Waals surface area contributed by atoms with E-state index in [1.54, 1.807) is 0 Å². The van der Waals surface area contributed by atoms with E-state index in [4.69, 9.17) is 4.74 Å². The molecule has 4 heteroatoms. The number of hydrogen-bond donors (Lipinski definition) is 2. The minimum absolute atomic E-state index is 0.0825. The minimum atomic E-state index is 0.0825. The Morgan fingerprint density at radius 2 is 2.35 bits per heavy atom. The lowest BCUT2D eigenvalue weighted by atomic mass is 10.0. The second-order valence-electron chi connectivity index (χ2n) is 4.80. The number of rotatable bonds is 7. The van der Waals surface area contributed by atoms with Crippen molar-refractivity contribution in [2.45, 2.75) is 32.4 Å². The molecule has 0 amide bonds. The lowest BCUT2D eigenvalue weighted by Gasteiger charge is -2.39. The molecule has 3 nitrogen and oxygen atoms in total. The minimum Gasteiger partial charge on any atom is -0.371 e. The molecule has 1 saturated heterocycles. The van der Waals surface area contributed by atoms with Gasteiger partial charge in [-0.15, -0.1) is 11.3 Å². The summed E-state index contributed by atoms with van der Waals surface area (Å²) in [5, 5.41) is 8.86. The predicted molar refractivity (Wildman–Crippen MR) is 72.6 cm³/mol. The molecule has 0 radical (unpaired) electrons. The van der Waals surface area contributed by atoms with Crippen LogP contribution in [0.4, 0.5) is 0 Å². The smallest absolute Gasteiger partial charge is 0.0902 e. The van der Waals surface area contributed by atoms with Gasteiger partial charge in [0.25, 0.3) is 0 Å². The van der Waals surface area contributed by atoms with Crippen LogP contribution in [-0.2, 0) is 17.7 Å². The van der Waals surface area contributed by atoms with Crippen LogP contribution in [0.3, 0.4) is 0 Å². The maximum atomic E-state index is 5.82. The van der Waals surface area contributed by atoms with E-state index in [0.717, 1.165) is 39.2 Å². The molecule has 1 aliphatic rings. The van der Waals surface area contributed by atoms with Crippen molar-refractivity contribution in [2.75, 3.05) is 26.2 Å². The van der Waals surface area contributed by atoms with Crippen molar-refractivity contribution in [3.63, 3.8) is 0 Å². The van der Waals surface area contributed by atoms with Crippen molar-refractivity contribution in [2.24, 2.45) is 0 Å². The van der Waals surface area contributed by atoms with Gasteiger partial charge in [-0.2, -0.15) is 0 Å². The van der Waals surface area contributed by atoms with Gasteiger partial charge in [0.05, 0.1) is 12.2 Å². The molecule has 1 aromatic heterocycles. The standard InChI is InChI=1S/C13H22N2OS/c1-3-11-4-7-17-12(11)8-14-5-6-16-13(2)9-15-10-13/h4,7,14-15H,3,5-6,8-10H2,1-2H3. The Morgan fingerprint density at radius 3 is 3.00 bits per heavy atom. The van der Waals surface area contributed by atoms with Crippen LogP contribution < -0.4 is 10.6 Å². The van der Waals surface area contributed by atoms with Crippen LogP contribution in [0.5, 0.6) is 0 Å². The van der Waals surface area contributed by atoms with E-state index in [-0.39, 0.29) is 5.60 Å². The Labute approximate surface area is 108 Å². The normalized spacial score (nSPS) is 18.0. The summed E-state index contributed by atoms with van der Waals surface area (Å²) in [7, 11) is 0. The van der Waals surface area contributed by atoms with E-state index in [0.29, 0.717) is 0 Å². The molecular weight excluding hydrogens is 232 g/mol. The largest absolute Gasteiger partial charge is 0.371 e. The summed E-state index contributed by atoms with van der Waals surface area (Å²) in [5.41, 5.74) is 1.55. The average molecular weight is 254 g/mol. The monoisotopic (exact) mass is 254 g/mol. The zero-order valence-electron chi connectivity index (χ0n) is 10.7. The van der Waals surface area contributed by atoms with Gasteiger partial charge in [-0.3, -0.25) is 0 Å². The molecule has 0 spiro atoms. The first-order valence-electron chi connectivity index (χ1n) is 6.34. The molecule has 0 aromatic carbocycles. The molecule has 0 unspecified atom stereocenters. The van der Waals surface area contributed by atoms with Gasteiger partial charge in [-0.1, -0.05) is 6.92 Å². The van der Waals surface area contributed by atoms with E-state index < -0.39 is 0 Å². The van der Waals surface area contributed by atoms with Crippen molar-refractivity contribution < 1.29 is 4.74 Å². The first-order chi connectivity index (χ1) is 8.23. The van der Waals surface area contributed by atoms with Crippen molar-refractivity contribution in [1.29, 1.82) is 0 Å². The highest BCUT2D eigenvalue weighted by atomic mass is 32.1. The Kier molecular flexibility index (Phi) is 4.56. The number of ether oxygens (including phenoxy) is 1. The summed E-state index contributed by atoms with van der Waals surface area (Å²) in [4.78, 5) is 1.46. The molecule has 2 N–H and O–H groups in total. The van der Waals surface area contributed by atoms with E-state index in [2.05, 4.69) is 35.9 Å². The first-order valence-corrected chi connectivity index (χ1v) is 7.22. The summed E-state index contributed by atoms with van der Waals surface area (Å²) in [6.45, 7) is 9.04. The molecule has 17 heavy (non-hydrogen) atoms. The van der Waals surface area contributed by atoms with Crippen LogP contribution in [-0.4, -0.2) is 31.8 Å². The van der Waals surface area contributed by atoms with Crippen LogP contribution in [0.15, 0.2) is 11.4 Å². The van der Waals surface area contributed by atoms with Gasteiger partial charge >= 0.3 is 0 Å². The molecule has 96 valence electrons. The van der Waals surface area contributed by atoms with Gasteiger partial charge in [0, 0.05) is 31.1 Å². The Bertz CT molecular complexity index is 347. The third kappa shape index (κ3) is 3.52. The number of nitrogens with one attached hydrogen (secondary N) is 2. The molecule has 0 saturated carbocycles. The fraction of sp³-hybridized carbons (Fsp3) is 0.692. The molecular formula is C13H22N2OS. The molecule has 0 atom stereocenters. The lowest BCUT2D eigenvalue weighted by Crippen LogP contribution is -2.59. The maximum Gasteiger partial charge on any atom is 0.0902 e. The highest BCUT2D eigenvalue weighted by molar-refractivity contribution is 7.10. The number of hydrogen-bond acceptors (Lipinski definition) is 4. The van der Waals surface area contributed by atoms with E-state index in [1.807, 2.05) is 11.3 Å². The second-order valence-corrected chi connectivity index (χ2v) is 5.80. The summed E-state index contributed by atoms with van der Waals surface area (Å²) < 4.78 is 5.82. The Balaban J connectivity index is 1.60. The van der Waals surface area contributed by atoms with Crippen LogP contribution in [0.1, 0.15) is 24.3 Å². The molecule has 1 fully saturated rings. The van der Waals surface area contributed by atoms with Crippen LogP contribution in [0.25, 0.3) is 0 Å². The van der Waals surface area contributed by atoms with E-state index in [1.165, 1.54) is 10.4 Å².